The van der Waals surface area contributed by atoms with Crippen LogP contribution in [-0.2, 0) is 9.59 Å². The Kier molecular flexibility index (Phi) is 6.83. The highest BCUT2D eigenvalue weighted by atomic mass is 35.5. The van der Waals surface area contributed by atoms with E-state index < -0.39 is 6.04 Å². The molecule has 2 aromatic rings. The Balaban J connectivity index is 1.93. The molecule has 1 atom stereocenters. The number of likely N-dealkylation sites (N-methyl/N-ethyl adjacent to an activating group) is 1. The molecule has 0 saturated heterocycles. The molecule has 0 radical (unpaired) electrons. The van der Waals surface area contributed by atoms with E-state index in [4.69, 9.17) is 16.3 Å². The average Bonchev–Trinajstić information content (AvgIpc) is 2.61. The van der Waals surface area contributed by atoms with Crippen molar-refractivity contribution < 1.29 is 14.3 Å². The smallest absolute Gasteiger partial charge is 0.258 e. The molecule has 2 aromatic carbocycles. The maximum Gasteiger partial charge on any atom is 0.258 e. The monoisotopic (exact) mass is 360 g/mol. The van der Waals surface area contributed by atoms with Crippen LogP contribution in [0.15, 0.2) is 48.5 Å². The van der Waals surface area contributed by atoms with E-state index in [1.165, 1.54) is 0 Å². The van der Waals surface area contributed by atoms with E-state index in [2.05, 4.69) is 10.6 Å². The topological polar surface area (TPSA) is 67.4 Å². The van der Waals surface area contributed by atoms with Crippen LogP contribution in [0.1, 0.15) is 13.8 Å². The quantitative estimate of drug-likeness (QED) is 0.797. The first-order chi connectivity index (χ1) is 12.0. The van der Waals surface area contributed by atoms with Crippen molar-refractivity contribution in [1.82, 2.24) is 10.6 Å². The van der Waals surface area contributed by atoms with Crippen LogP contribution in [0.3, 0.4) is 0 Å². The summed E-state index contributed by atoms with van der Waals surface area (Å²) >= 11 is 6.24. The number of halogens is 1. The highest BCUT2D eigenvalue weighted by Gasteiger charge is 2.15. The summed E-state index contributed by atoms with van der Waals surface area (Å²) in [7, 11) is 0. The average molecular weight is 361 g/mol. The molecule has 25 heavy (non-hydrogen) atoms. The standard InChI is InChI=1S/C19H21ClN2O3/c1-3-21-19(24)13(2)22-18(23)12-25-17-10-9-15(11-16(17)20)14-7-5-4-6-8-14/h4-11,13H,3,12H2,1-2H3,(H,21,24)(H,22,23). The number of rotatable bonds is 7. The molecule has 2 amide bonds. The summed E-state index contributed by atoms with van der Waals surface area (Å²) in [6.45, 7) is 3.73. The first-order valence-electron chi connectivity index (χ1n) is 8.06. The Morgan fingerprint density at radius 3 is 2.48 bits per heavy atom. The predicted molar refractivity (Wildman–Crippen MR) is 98.7 cm³/mol. The Bertz CT molecular complexity index is 735. The first kappa shape index (κ1) is 18.8. The van der Waals surface area contributed by atoms with Gasteiger partial charge >= 0.3 is 0 Å². The summed E-state index contributed by atoms with van der Waals surface area (Å²) in [4.78, 5) is 23.5. The summed E-state index contributed by atoms with van der Waals surface area (Å²) in [5.41, 5.74) is 2.01. The molecule has 6 heteroatoms. The van der Waals surface area contributed by atoms with E-state index in [0.29, 0.717) is 17.3 Å². The minimum absolute atomic E-state index is 0.214. The number of hydrogen-bond acceptors (Lipinski definition) is 3. The second kappa shape index (κ2) is 9.08. The van der Waals surface area contributed by atoms with Crippen molar-refractivity contribution in [3.8, 4) is 16.9 Å². The summed E-state index contributed by atoms with van der Waals surface area (Å²) in [5.74, 6) is -0.204. The van der Waals surface area contributed by atoms with E-state index in [0.717, 1.165) is 11.1 Å². The fraction of sp³-hybridized carbons (Fsp3) is 0.263. The molecule has 0 heterocycles. The number of hydrogen-bond donors (Lipinski definition) is 2. The molecule has 0 aliphatic carbocycles. The van der Waals surface area contributed by atoms with Gasteiger partial charge in [-0.25, -0.2) is 0 Å². The SMILES string of the molecule is CCNC(=O)C(C)NC(=O)COc1ccc(-c2ccccc2)cc1Cl. The van der Waals surface area contributed by atoms with Crippen LogP contribution in [-0.4, -0.2) is 31.0 Å². The molecule has 5 nitrogen and oxygen atoms in total. The number of carbonyl (C=O) groups excluding carboxylic acids is 2. The molecule has 0 aliphatic heterocycles. The maximum absolute atomic E-state index is 11.9. The third-order valence-electron chi connectivity index (χ3n) is 3.52. The van der Waals surface area contributed by atoms with E-state index >= 15 is 0 Å². The van der Waals surface area contributed by atoms with Gasteiger partial charge in [-0.05, 0) is 37.1 Å². The van der Waals surface area contributed by atoms with Gasteiger partial charge in [0.2, 0.25) is 5.91 Å². The van der Waals surface area contributed by atoms with Gasteiger partial charge in [0.15, 0.2) is 6.61 Å². The van der Waals surface area contributed by atoms with Gasteiger partial charge in [0.1, 0.15) is 11.8 Å². The van der Waals surface area contributed by atoms with Crippen molar-refractivity contribution in [3.63, 3.8) is 0 Å². The number of carbonyl (C=O) groups is 2. The van der Waals surface area contributed by atoms with Gasteiger partial charge in [-0.3, -0.25) is 9.59 Å². The summed E-state index contributed by atoms with van der Waals surface area (Å²) in [5, 5.41) is 5.63. The number of ether oxygens (including phenoxy) is 1. The molecular formula is C19H21ClN2O3. The molecule has 0 aliphatic rings. The zero-order chi connectivity index (χ0) is 18.2. The first-order valence-corrected chi connectivity index (χ1v) is 8.44. The van der Waals surface area contributed by atoms with Crippen molar-refractivity contribution in [1.29, 1.82) is 0 Å². The summed E-state index contributed by atoms with van der Waals surface area (Å²) in [6, 6.07) is 14.6. The van der Waals surface area contributed by atoms with Crippen molar-refractivity contribution in [2.45, 2.75) is 19.9 Å². The van der Waals surface area contributed by atoms with E-state index in [1.807, 2.05) is 43.3 Å². The molecule has 0 fully saturated rings. The lowest BCUT2D eigenvalue weighted by atomic mass is 10.1. The highest BCUT2D eigenvalue weighted by molar-refractivity contribution is 6.32. The Morgan fingerprint density at radius 1 is 1.12 bits per heavy atom. The molecule has 2 rings (SSSR count). The van der Waals surface area contributed by atoms with Gasteiger partial charge < -0.3 is 15.4 Å². The van der Waals surface area contributed by atoms with Gasteiger partial charge in [-0.2, -0.15) is 0 Å². The third kappa shape index (κ3) is 5.50. The van der Waals surface area contributed by atoms with E-state index in [9.17, 15) is 9.59 Å². The summed E-state index contributed by atoms with van der Waals surface area (Å²) < 4.78 is 5.45. The van der Waals surface area contributed by atoms with Gasteiger partial charge in [0, 0.05) is 6.54 Å². The predicted octanol–water partition coefficient (Wildman–Crippen LogP) is 3.03. The van der Waals surface area contributed by atoms with Crippen LogP contribution in [0.5, 0.6) is 5.75 Å². The highest BCUT2D eigenvalue weighted by Crippen LogP contribution is 2.30. The van der Waals surface area contributed by atoms with E-state index in [1.54, 1.807) is 19.1 Å². The normalized spacial score (nSPS) is 11.5. The van der Waals surface area contributed by atoms with Gasteiger partial charge in [0.25, 0.3) is 5.91 Å². The molecular weight excluding hydrogens is 340 g/mol. The van der Waals surface area contributed by atoms with Crippen molar-refractivity contribution >= 4 is 23.4 Å². The number of nitrogens with one attached hydrogen (secondary N) is 2. The Morgan fingerprint density at radius 2 is 1.84 bits per heavy atom. The lowest BCUT2D eigenvalue weighted by Gasteiger charge is -2.14. The molecule has 1 unspecified atom stereocenters. The Labute approximate surface area is 152 Å². The molecule has 0 bridgehead atoms. The van der Waals surface area contributed by atoms with Crippen LogP contribution < -0.4 is 15.4 Å². The fourth-order valence-electron chi connectivity index (χ4n) is 2.25. The minimum atomic E-state index is -0.619. The zero-order valence-electron chi connectivity index (χ0n) is 14.2. The van der Waals surface area contributed by atoms with Crippen LogP contribution in [0.2, 0.25) is 5.02 Å². The van der Waals surface area contributed by atoms with Crippen molar-refractivity contribution in [3.05, 3.63) is 53.6 Å². The largest absolute Gasteiger partial charge is 0.482 e. The number of benzene rings is 2. The molecule has 0 aromatic heterocycles. The Hall–Kier alpha value is -2.53. The lowest BCUT2D eigenvalue weighted by molar-refractivity contribution is -0.129. The molecule has 0 saturated carbocycles. The van der Waals surface area contributed by atoms with Crippen LogP contribution in [0, 0.1) is 0 Å². The molecule has 0 spiro atoms. The van der Waals surface area contributed by atoms with Crippen molar-refractivity contribution in [2.24, 2.45) is 0 Å². The van der Waals surface area contributed by atoms with Crippen LogP contribution in [0.25, 0.3) is 11.1 Å². The van der Waals surface area contributed by atoms with Gasteiger partial charge in [-0.1, -0.05) is 48.0 Å². The van der Waals surface area contributed by atoms with Gasteiger partial charge in [0.05, 0.1) is 5.02 Å². The van der Waals surface area contributed by atoms with Crippen LogP contribution in [0.4, 0.5) is 0 Å². The fourth-order valence-corrected chi connectivity index (χ4v) is 2.48. The minimum Gasteiger partial charge on any atom is -0.482 e. The lowest BCUT2D eigenvalue weighted by Crippen LogP contribution is -2.46. The second-order valence-corrected chi connectivity index (χ2v) is 5.89. The maximum atomic E-state index is 11.9. The second-order valence-electron chi connectivity index (χ2n) is 5.48. The van der Waals surface area contributed by atoms with Crippen molar-refractivity contribution in [2.75, 3.05) is 13.2 Å². The third-order valence-corrected chi connectivity index (χ3v) is 3.81. The van der Waals surface area contributed by atoms with Crippen LogP contribution >= 0.6 is 11.6 Å². The van der Waals surface area contributed by atoms with Gasteiger partial charge in [-0.15, -0.1) is 0 Å². The summed E-state index contributed by atoms with van der Waals surface area (Å²) in [6.07, 6.45) is 0. The van der Waals surface area contributed by atoms with E-state index in [-0.39, 0.29) is 18.4 Å². The molecule has 2 N–H and O–H groups in total. The zero-order valence-corrected chi connectivity index (χ0v) is 15.0. The number of amides is 2. The molecule has 132 valence electrons.